The highest BCUT2D eigenvalue weighted by Crippen LogP contribution is 2.35. The molecule has 3 amide bonds. The van der Waals surface area contributed by atoms with Crippen molar-refractivity contribution in [2.24, 2.45) is 11.3 Å². The number of alkyl carbamates (subject to hydrolysis) is 1. The Morgan fingerprint density at radius 2 is 1.65 bits per heavy atom. The third kappa shape index (κ3) is 10.8. The molecule has 0 spiro atoms. The molecule has 0 radical (unpaired) electrons. The number of amides is 3. The molecule has 0 aromatic heterocycles. The van der Waals surface area contributed by atoms with Gasteiger partial charge in [0, 0.05) is 19.2 Å². The molecule has 14 heteroatoms. The number of aliphatic hydroxyl groups excluding tert-OH is 1. The average Bonchev–Trinajstić information content (AvgIpc) is 3.73. The quantitative estimate of drug-likeness (QED) is 0.217. The predicted octanol–water partition coefficient (Wildman–Crippen LogP) is 3.35. The van der Waals surface area contributed by atoms with E-state index in [1.54, 1.807) is 20.8 Å². The van der Waals surface area contributed by atoms with Gasteiger partial charge in [0.05, 0.1) is 17.0 Å². The van der Waals surface area contributed by atoms with E-state index >= 15 is 0 Å². The fourth-order valence-corrected chi connectivity index (χ4v) is 7.49. The average molecular weight is 703 g/mol. The summed E-state index contributed by atoms with van der Waals surface area (Å²) in [5.74, 6) is -0.473. The number of fused-ring (bicyclic) bond motifs is 1. The van der Waals surface area contributed by atoms with Gasteiger partial charge in [-0.25, -0.2) is 13.2 Å². The molecule has 3 atom stereocenters. The predicted molar refractivity (Wildman–Crippen MR) is 182 cm³/mol. The summed E-state index contributed by atoms with van der Waals surface area (Å²) >= 11 is 0. The topological polar surface area (TPSA) is 173 Å². The second kappa shape index (κ2) is 16.7. The number of carbonyl (C=O) groups is 3. The van der Waals surface area contributed by atoms with Gasteiger partial charge in [-0.1, -0.05) is 65.0 Å². The highest BCUT2D eigenvalue weighted by molar-refractivity contribution is 7.89. The molecule has 1 heterocycles. The molecule has 2 aromatic rings. The highest BCUT2D eigenvalue weighted by atomic mass is 32.2. The molecular weight excluding hydrogens is 652 g/mol. The van der Waals surface area contributed by atoms with Crippen molar-refractivity contribution in [3.8, 4) is 11.5 Å². The van der Waals surface area contributed by atoms with Crippen LogP contribution in [0, 0.1) is 11.3 Å². The van der Waals surface area contributed by atoms with Gasteiger partial charge in [-0.05, 0) is 61.1 Å². The first-order valence-electron chi connectivity index (χ1n) is 16.8. The molecule has 1 fully saturated rings. The van der Waals surface area contributed by atoms with E-state index in [1.807, 2.05) is 44.2 Å². The third-order valence-corrected chi connectivity index (χ3v) is 10.3. The summed E-state index contributed by atoms with van der Waals surface area (Å²) in [6.07, 6.45) is 1.57. The van der Waals surface area contributed by atoms with E-state index in [0.29, 0.717) is 11.5 Å². The van der Waals surface area contributed by atoms with Crippen LogP contribution in [0.5, 0.6) is 11.5 Å². The number of benzene rings is 2. The second-order valence-corrected chi connectivity index (χ2v) is 16.1. The van der Waals surface area contributed by atoms with Crippen molar-refractivity contribution in [1.82, 2.24) is 20.3 Å². The number of sulfonamides is 1. The van der Waals surface area contributed by atoms with E-state index in [0.717, 1.165) is 31.2 Å². The van der Waals surface area contributed by atoms with E-state index in [9.17, 15) is 27.9 Å². The number of ether oxygens (including phenoxy) is 3. The Morgan fingerprint density at radius 1 is 0.980 bits per heavy atom. The largest absolute Gasteiger partial charge is 0.454 e. The van der Waals surface area contributed by atoms with Crippen molar-refractivity contribution >= 4 is 27.9 Å². The summed E-state index contributed by atoms with van der Waals surface area (Å²) in [7, 11) is -4.10. The zero-order chi connectivity index (χ0) is 35.8. The number of hydrogen-bond donors (Lipinski definition) is 4. The standard InChI is InChI=1S/C35H50N4O9S/c1-23(2)20-39(49(44,45)26-15-16-29-30(18-26)47-22-46-29)21-28(40)27(17-24-11-7-6-8-12-24)37-33(42)32(35(3,4)5)38-31(41)19-36-34(43)48-25-13-9-10-14-25/h6-8,11-12,15-16,18,23,25,27-28,32,40H,9-10,13-14,17,19-22H2,1-5H3,(H,36,43)(H,37,42)(H,38,41)/t27-,28+,32+/m0/s1. The summed E-state index contributed by atoms with van der Waals surface area (Å²) in [6.45, 7) is 8.49. The van der Waals surface area contributed by atoms with Gasteiger partial charge >= 0.3 is 6.09 Å². The number of nitrogens with zero attached hydrogens (tertiary/aromatic N) is 1. The minimum absolute atomic E-state index is 0.00634. The number of rotatable bonds is 15. The molecule has 1 aliphatic carbocycles. The van der Waals surface area contributed by atoms with Crippen molar-refractivity contribution in [3.63, 3.8) is 0 Å². The first kappa shape index (κ1) is 37.9. The summed E-state index contributed by atoms with van der Waals surface area (Å²) in [5.41, 5.74) is 0.0424. The molecule has 0 unspecified atom stereocenters. The maximum Gasteiger partial charge on any atom is 0.407 e. The number of hydrogen-bond acceptors (Lipinski definition) is 9. The van der Waals surface area contributed by atoms with Crippen molar-refractivity contribution in [2.45, 2.75) is 95.9 Å². The van der Waals surface area contributed by atoms with Gasteiger partial charge in [0.1, 0.15) is 18.7 Å². The molecule has 0 bridgehead atoms. The van der Waals surface area contributed by atoms with Crippen molar-refractivity contribution in [2.75, 3.05) is 26.4 Å². The molecular formula is C35H50N4O9S. The van der Waals surface area contributed by atoms with E-state index in [2.05, 4.69) is 16.0 Å². The summed E-state index contributed by atoms with van der Waals surface area (Å²) in [5, 5.41) is 19.8. The fourth-order valence-electron chi connectivity index (χ4n) is 5.86. The van der Waals surface area contributed by atoms with Crippen LogP contribution in [-0.4, -0.2) is 86.5 Å². The fraction of sp³-hybridized carbons (Fsp3) is 0.571. The Hall–Kier alpha value is -3.88. The molecule has 270 valence electrons. The van der Waals surface area contributed by atoms with Crippen LogP contribution in [0.4, 0.5) is 4.79 Å². The lowest BCUT2D eigenvalue weighted by Crippen LogP contribution is -2.59. The van der Waals surface area contributed by atoms with E-state index in [1.165, 1.54) is 22.5 Å². The maximum atomic E-state index is 13.9. The summed E-state index contributed by atoms with van der Waals surface area (Å²) in [4.78, 5) is 39.0. The van der Waals surface area contributed by atoms with Crippen LogP contribution in [0.1, 0.15) is 65.9 Å². The second-order valence-electron chi connectivity index (χ2n) is 14.1. The normalized spacial score (nSPS) is 16.7. The number of aliphatic hydroxyl groups is 1. The lowest BCUT2D eigenvalue weighted by atomic mass is 9.85. The number of carbonyl (C=O) groups excluding carboxylic acids is 3. The van der Waals surface area contributed by atoms with Crippen LogP contribution in [0.25, 0.3) is 0 Å². The Kier molecular flexibility index (Phi) is 12.9. The van der Waals surface area contributed by atoms with Gasteiger partial charge in [-0.15, -0.1) is 0 Å². The lowest BCUT2D eigenvalue weighted by molar-refractivity contribution is -0.132. The van der Waals surface area contributed by atoms with E-state index in [4.69, 9.17) is 14.2 Å². The maximum absolute atomic E-state index is 13.9. The van der Waals surface area contributed by atoms with Crippen LogP contribution in [-0.2, 0) is 30.8 Å². The third-order valence-electron chi connectivity index (χ3n) is 8.43. The van der Waals surface area contributed by atoms with Crippen LogP contribution >= 0.6 is 0 Å². The molecule has 0 saturated heterocycles. The molecule has 1 saturated carbocycles. The zero-order valence-corrected chi connectivity index (χ0v) is 29.8. The Labute approximate surface area is 289 Å². The van der Waals surface area contributed by atoms with Gasteiger partial charge in [0.15, 0.2) is 11.5 Å². The molecule has 49 heavy (non-hydrogen) atoms. The molecule has 13 nitrogen and oxygen atoms in total. The lowest BCUT2D eigenvalue weighted by Gasteiger charge is -2.34. The summed E-state index contributed by atoms with van der Waals surface area (Å²) in [6, 6.07) is 11.6. The van der Waals surface area contributed by atoms with Crippen LogP contribution in [0.2, 0.25) is 0 Å². The molecule has 4 N–H and O–H groups in total. The van der Waals surface area contributed by atoms with Crippen LogP contribution in [0.15, 0.2) is 53.4 Å². The van der Waals surface area contributed by atoms with Crippen LogP contribution < -0.4 is 25.4 Å². The summed E-state index contributed by atoms with van der Waals surface area (Å²) < 4.78 is 45.1. The minimum Gasteiger partial charge on any atom is -0.454 e. The first-order valence-corrected chi connectivity index (χ1v) is 18.2. The number of nitrogens with one attached hydrogen (secondary N) is 3. The monoisotopic (exact) mass is 702 g/mol. The minimum atomic E-state index is -4.10. The molecule has 4 rings (SSSR count). The van der Waals surface area contributed by atoms with E-state index < -0.39 is 51.5 Å². The van der Waals surface area contributed by atoms with Gasteiger partial charge in [0.25, 0.3) is 0 Å². The van der Waals surface area contributed by atoms with Crippen molar-refractivity contribution < 1.29 is 42.1 Å². The van der Waals surface area contributed by atoms with Gasteiger partial charge < -0.3 is 35.3 Å². The van der Waals surface area contributed by atoms with Gasteiger partial charge in [0.2, 0.25) is 28.6 Å². The first-order chi connectivity index (χ1) is 23.1. The van der Waals surface area contributed by atoms with Gasteiger partial charge in [-0.3, -0.25) is 9.59 Å². The molecule has 2 aliphatic rings. The molecule has 1 aliphatic heterocycles. The van der Waals surface area contributed by atoms with Crippen molar-refractivity contribution in [1.29, 1.82) is 0 Å². The molecule has 2 aromatic carbocycles. The van der Waals surface area contributed by atoms with Crippen LogP contribution in [0.3, 0.4) is 0 Å². The Bertz CT molecular complexity index is 1540. The SMILES string of the molecule is CC(C)CN(C[C@@H](O)[C@H](Cc1ccccc1)NC(=O)[C@@H](NC(=O)CNC(=O)OC1CCCC1)C(C)(C)C)S(=O)(=O)c1ccc2c(c1)OCO2. The van der Waals surface area contributed by atoms with Crippen molar-refractivity contribution in [3.05, 3.63) is 54.1 Å². The van der Waals surface area contributed by atoms with E-state index in [-0.39, 0.29) is 49.8 Å². The zero-order valence-electron chi connectivity index (χ0n) is 28.9. The highest BCUT2D eigenvalue weighted by Gasteiger charge is 2.37. The smallest absolute Gasteiger partial charge is 0.407 e. The Morgan fingerprint density at radius 3 is 2.31 bits per heavy atom. The van der Waals surface area contributed by atoms with Gasteiger partial charge in [-0.2, -0.15) is 4.31 Å². The Balaban J connectivity index is 1.50.